The first kappa shape index (κ1) is 14.7. The first-order valence-corrected chi connectivity index (χ1v) is 8.48. The lowest BCUT2D eigenvalue weighted by molar-refractivity contribution is 0.681. The molecule has 1 aliphatic carbocycles. The van der Waals surface area contributed by atoms with Crippen molar-refractivity contribution in [2.75, 3.05) is 12.4 Å². The van der Waals surface area contributed by atoms with Crippen molar-refractivity contribution >= 4 is 28.4 Å². The maximum atomic E-state index is 4.88. The highest BCUT2D eigenvalue weighted by Gasteiger charge is 2.23. The van der Waals surface area contributed by atoms with Gasteiger partial charge in [0.05, 0.1) is 9.26 Å². The quantitative estimate of drug-likeness (QED) is 0.803. The van der Waals surface area contributed by atoms with Crippen molar-refractivity contribution in [2.45, 2.75) is 38.0 Å². The second kappa shape index (κ2) is 6.68. The maximum Gasteiger partial charge on any atom is 0.143 e. The van der Waals surface area contributed by atoms with Gasteiger partial charge in [-0.25, -0.2) is 9.97 Å². The Morgan fingerprint density at radius 3 is 2.57 bits per heavy atom. The Hall–Kier alpha value is -1.24. The predicted molar refractivity (Wildman–Crippen MR) is 92.5 cm³/mol. The second-order valence-corrected chi connectivity index (χ2v) is 6.53. The van der Waals surface area contributed by atoms with E-state index in [4.69, 9.17) is 4.98 Å². The van der Waals surface area contributed by atoms with Crippen LogP contribution in [-0.4, -0.2) is 22.0 Å². The number of nitrogens with zero attached hydrogens (tertiary/aromatic N) is 3. The smallest absolute Gasteiger partial charge is 0.143 e. The summed E-state index contributed by atoms with van der Waals surface area (Å²) in [5.41, 5.74) is 2.43. The van der Waals surface area contributed by atoms with E-state index in [-0.39, 0.29) is 0 Å². The fraction of sp³-hybridized carbons (Fsp3) is 0.438. The van der Waals surface area contributed by atoms with Gasteiger partial charge in [-0.2, -0.15) is 0 Å². The Morgan fingerprint density at radius 1 is 1.19 bits per heavy atom. The largest absolute Gasteiger partial charge is 0.372 e. The Bertz CT molecular complexity index is 609. The third kappa shape index (κ3) is 3.33. The topological polar surface area (TPSA) is 50.7 Å². The third-order valence-electron chi connectivity index (χ3n) is 4.01. The Morgan fingerprint density at radius 2 is 1.90 bits per heavy atom. The lowest BCUT2D eigenvalue weighted by Gasteiger charge is -2.15. The highest BCUT2D eigenvalue weighted by Crippen LogP contribution is 2.36. The first-order valence-electron chi connectivity index (χ1n) is 7.41. The average Bonchev–Trinajstić information content (AvgIpc) is 3.04. The fourth-order valence-corrected chi connectivity index (χ4v) is 3.86. The minimum Gasteiger partial charge on any atom is -0.372 e. The van der Waals surface area contributed by atoms with Crippen LogP contribution >= 0.6 is 22.6 Å². The molecule has 0 aromatic carbocycles. The summed E-state index contributed by atoms with van der Waals surface area (Å²) >= 11 is 2.38. The van der Waals surface area contributed by atoms with Crippen molar-refractivity contribution in [1.29, 1.82) is 0 Å². The summed E-state index contributed by atoms with van der Waals surface area (Å²) in [5.74, 6) is 2.45. The summed E-state index contributed by atoms with van der Waals surface area (Å²) in [7, 11) is 1.93. The van der Waals surface area contributed by atoms with E-state index < -0.39 is 0 Å². The van der Waals surface area contributed by atoms with Gasteiger partial charge in [0.1, 0.15) is 11.6 Å². The standard InChI is InChI=1S/C16H19IN4/c1-18-16-14(17)15(12-4-2-3-5-12)20-13(21-16)10-11-6-8-19-9-7-11/h6-9,12H,2-5,10H2,1H3,(H,18,20,21). The summed E-state index contributed by atoms with van der Waals surface area (Å²) in [6.45, 7) is 0. The molecule has 0 aliphatic heterocycles. The van der Waals surface area contributed by atoms with Crippen LogP contribution < -0.4 is 5.32 Å². The molecular formula is C16H19IN4. The fourth-order valence-electron chi connectivity index (χ4n) is 2.91. The highest BCUT2D eigenvalue weighted by atomic mass is 127. The molecule has 1 saturated carbocycles. The van der Waals surface area contributed by atoms with Crippen molar-refractivity contribution in [3.8, 4) is 0 Å². The molecule has 5 heteroatoms. The summed E-state index contributed by atoms with van der Waals surface area (Å²) in [6, 6.07) is 4.05. The molecule has 3 rings (SSSR count). The molecule has 0 unspecified atom stereocenters. The molecule has 0 spiro atoms. The first-order chi connectivity index (χ1) is 10.3. The molecule has 1 aliphatic rings. The van der Waals surface area contributed by atoms with Crippen LogP contribution in [-0.2, 0) is 6.42 Å². The molecular weight excluding hydrogens is 375 g/mol. The SMILES string of the molecule is CNc1nc(Cc2ccncc2)nc(C2CCCC2)c1I. The van der Waals surface area contributed by atoms with Gasteiger partial charge in [-0.3, -0.25) is 4.98 Å². The van der Waals surface area contributed by atoms with E-state index >= 15 is 0 Å². The van der Waals surface area contributed by atoms with Gasteiger partial charge in [0.25, 0.3) is 0 Å². The number of aromatic nitrogens is 3. The molecule has 0 atom stereocenters. The zero-order valence-electron chi connectivity index (χ0n) is 12.1. The number of rotatable bonds is 4. The molecule has 1 fully saturated rings. The molecule has 1 N–H and O–H groups in total. The van der Waals surface area contributed by atoms with E-state index in [1.165, 1.54) is 40.5 Å². The highest BCUT2D eigenvalue weighted by molar-refractivity contribution is 14.1. The number of pyridine rings is 1. The molecule has 4 nitrogen and oxygen atoms in total. The van der Waals surface area contributed by atoms with Crippen LogP contribution in [0.3, 0.4) is 0 Å². The van der Waals surface area contributed by atoms with Gasteiger partial charge < -0.3 is 5.32 Å². The van der Waals surface area contributed by atoms with Crippen LogP contribution in [0.5, 0.6) is 0 Å². The Kier molecular flexibility index (Phi) is 4.67. The van der Waals surface area contributed by atoms with Crippen LogP contribution in [0.15, 0.2) is 24.5 Å². The predicted octanol–water partition coefficient (Wildman–Crippen LogP) is 3.77. The van der Waals surface area contributed by atoms with Gasteiger partial charge in [0, 0.05) is 31.8 Å². The second-order valence-electron chi connectivity index (χ2n) is 5.45. The molecule has 2 heterocycles. The van der Waals surface area contributed by atoms with E-state index in [9.17, 15) is 0 Å². The van der Waals surface area contributed by atoms with Gasteiger partial charge in [0.2, 0.25) is 0 Å². The van der Waals surface area contributed by atoms with Crippen LogP contribution in [0.25, 0.3) is 0 Å². The van der Waals surface area contributed by atoms with Crippen molar-refractivity contribution in [3.05, 3.63) is 45.2 Å². The van der Waals surface area contributed by atoms with Crippen LogP contribution in [0.1, 0.15) is 48.7 Å². The van der Waals surface area contributed by atoms with Gasteiger partial charge in [-0.05, 0) is 53.1 Å². The molecule has 110 valence electrons. The minimum absolute atomic E-state index is 0.600. The normalized spacial score (nSPS) is 15.3. The van der Waals surface area contributed by atoms with Crippen molar-refractivity contribution < 1.29 is 0 Å². The monoisotopic (exact) mass is 394 g/mol. The summed E-state index contributed by atoms with van der Waals surface area (Å²) in [5, 5.41) is 3.21. The molecule has 2 aromatic rings. The molecule has 0 amide bonds. The molecule has 0 saturated heterocycles. The number of halogens is 1. The minimum atomic E-state index is 0.600. The maximum absolute atomic E-state index is 4.88. The molecule has 0 radical (unpaired) electrons. The van der Waals surface area contributed by atoms with E-state index in [1.54, 1.807) is 0 Å². The summed E-state index contributed by atoms with van der Waals surface area (Å²) < 4.78 is 1.18. The lowest BCUT2D eigenvalue weighted by Crippen LogP contribution is -2.10. The van der Waals surface area contributed by atoms with Gasteiger partial charge in [-0.1, -0.05) is 12.8 Å². The van der Waals surface area contributed by atoms with Gasteiger partial charge in [-0.15, -0.1) is 0 Å². The average molecular weight is 394 g/mol. The van der Waals surface area contributed by atoms with E-state index in [0.717, 1.165) is 18.1 Å². The zero-order chi connectivity index (χ0) is 14.7. The van der Waals surface area contributed by atoms with Crippen LogP contribution in [0, 0.1) is 3.57 Å². The van der Waals surface area contributed by atoms with Crippen LogP contribution in [0.2, 0.25) is 0 Å². The number of hydrogen-bond donors (Lipinski definition) is 1. The summed E-state index contributed by atoms with van der Waals surface area (Å²) in [4.78, 5) is 13.6. The van der Waals surface area contributed by atoms with Gasteiger partial charge in [0.15, 0.2) is 0 Å². The van der Waals surface area contributed by atoms with Crippen molar-refractivity contribution in [3.63, 3.8) is 0 Å². The van der Waals surface area contributed by atoms with Gasteiger partial charge >= 0.3 is 0 Å². The van der Waals surface area contributed by atoms with E-state index in [1.807, 2.05) is 31.6 Å². The Labute approximate surface area is 139 Å². The number of anilines is 1. The molecule has 0 bridgehead atoms. The molecule has 2 aromatic heterocycles. The summed E-state index contributed by atoms with van der Waals surface area (Å²) in [6.07, 6.45) is 9.54. The number of nitrogens with one attached hydrogen (secondary N) is 1. The zero-order valence-corrected chi connectivity index (χ0v) is 14.3. The van der Waals surface area contributed by atoms with Crippen molar-refractivity contribution in [1.82, 2.24) is 15.0 Å². The lowest BCUT2D eigenvalue weighted by atomic mass is 10.0. The third-order valence-corrected chi connectivity index (χ3v) is 5.08. The number of hydrogen-bond acceptors (Lipinski definition) is 4. The Balaban J connectivity index is 1.95. The van der Waals surface area contributed by atoms with E-state index in [0.29, 0.717) is 5.92 Å². The molecule has 21 heavy (non-hydrogen) atoms. The van der Waals surface area contributed by atoms with Crippen molar-refractivity contribution in [2.24, 2.45) is 0 Å². The van der Waals surface area contributed by atoms with E-state index in [2.05, 4.69) is 37.9 Å². The van der Waals surface area contributed by atoms with Crippen LogP contribution in [0.4, 0.5) is 5.82 Å².